The number of piperidine rings is 1. The van der Waals surface area contributed by atoms with Gasteiger partial charge in [0.1, 0.15) is 6.04 Å². The first-order valence-electron chi connectivity index (χ1n) is 6.91. The highest BCUT2D eigenvalue weighted by Crippen LogP contribution is 2.26. The van der Waals surface area contributed by atoms with Crippen molar-refractivity contribution in [3.63, 3.8) is 0 Å². The lowest BCUT2D eigenvalue weighted by molar-refractivity contribution is -0.148. The molecule has 1 heterocycles. The standard InChI is InChI=1S/C14H18BrNO4S/c1-2-20-14(17)13-5-3-4-10-16(13)21(18,19)12-8-6-11(15)7-9-12/h6-9,13H,2-5,10H2,1H3. The number of hydrogen-bond donors (Lipinski definition) is 0. The summed E-state index contributed by atoms with van der Waals surface area (Å²) in [6, 6.07) is 5.71. The third kappa shape index (κ3) is 3.64. The zero-order valence-corrected chi connectivity index (χ0v) is 14.2. The van der Waals surface area contributed by atoms with Crippen molar-refractivity contribution < 1.29 is 17.9 Å². The van der Waals surface area contributed by atoms with Gasteiger partial charge in [0.25, 0.3) is 0 Å². The number of carbonyl (C=O) groups excluding carboxylic acids is 1. The predicted molar refractivity (Wildman–Crippen MR) is 82.3 cm³/mol. The van der Waals surface area contributed by atoms with Gasteiger partial charge in [0.15, 0.2) is 0 Å². The molecule has 0 aromatic heterocycles. The molecule has 7 heteroatoms. The van der Waals surface area contributed by atoms with Gasteiger partial charge in [-0.15, -0.1) is 0 Å². The Morgan fingerprint density at radius 1 is 1.33 bits per heavy atom. The maximum atomic E-state index is 12.7. The molecule has 1 aliphatic rings. The second kappa shape index (κ2) is 6.89. The van der Waals surface area contributed by atoms with Crippen LogP contribution in [0.4, 0.5) is 0 Å². The van der Waals surface area contributed by atoms with Crippen LogP contribution in [0.3, 0.4) is 0 Å². The topological polar surface area (TPSA) is 63.7 Å². The Bertz CT molecular complexity index is 600. The number of nitrogens with zero attached hydrogens (tertiary/aromatic N) is 1. The number of hydrogen-bond acceptors (Lipinski definition) is 4. The molecule has 21 heavy (non-hydrogen) atoms. The summed E-state index contributed by atoms with van der Waals surface area (Å²) in [7, 11) is -3.68. The van der Waals surface area contributed by atoms with Crippen molar-refractivity contribution >= 4 is 31.9 Å². The van der Waals surface area contributed by atoms with Crippen molar-refractivity contribution in [3.05, 3.63) is 28.7 Å². The highest BCUT2D eigenvalue weighted by molar-refractivity contribution is 9.10. The summed E-state index contributed by atoms with van der Waals surface area (Å²) in [4.78, 5) is 12.2. The average molecular weight is 376 g/mol. The molecule has 1 atom stereocenters. The first-order valence-corrected chi connectivity index (χ1v) is 9.14. The van der Waals surface area contributed by atoms with E-state index in [2.05, 4.69) is 15.9 Å². The second-order valence-corrected chi connectivity index (χ2v) is 7.64. The smallest absolute Gasteiger partial charge is 0.324 e. The Balaban J connectivity index is 2.31. The summed E-state index contributed by atoms with van der Waals surface area (Å²) >= 11 is 3.28. The van der Waals surface area contributed by atoms with Crippen LogP contribution >= 0.6 is 15.9 Å². The number of sulfonamides is 1. The van der Waals surface area contributed by atoms with Crippen LogP contribution in [-0.4, -0.2) is 37.9 Å². The van der Waals surface area contributed by atoms with Gasteiger partial charge in [-0.1, -0.05) is 15.9 Å². The van der Waals surface area contributed by atoms with E-state index in [-0.39, 0.29) is 11.5 Å². The van der Waals surface area contributed by atoms with Gasteiger partial charge in [0.2, 0.25) is 10.0 Å². The molecule has 0 saturated carbocycles. The number of benzene rings is 1. The number of ether oxygens (including phenoxy) is 1. The highest BCUT2D eigenvalue weighted by Gasteiger charge is 2.38. The van der Waals surface area contributed by atoms with Gasteiger partial charge in [0, 0.05) is 11.0 Å². The zero-order valence-electron chi connectivity index (χ0n) is 11.8. The van der Waals surface area contributed by atoms with Crippen molar-refractivity contribution in [2.75, 3.05) is 13.2 Å². The summed E-state index contributed by atoms with van der Waals surface area (Å²) in [5.74, 6) is -0.460. The van der Waals surface area contributed by atoms with Crippen LogP contribution in [0, 0.1) is 0 Å². The van der Waals surface area contributed by atoms with Gasteiger partial charge < -0.3 is 4.74 Å². The molecule has 1 aliphatic heterocycles. The van der Waals surface area contributed by atoms with Gasteiger partial charge in [-0.25, -0.2) is 8.42 Å². The molecular formula is C14H18BrNO4S. The van der Waals surface area contributed by atoms with Crippen LogP contribution in [0.25, 0.3) is 0 Å². The van der Waals surface area contributed by atoms with Gasteiger partial charge >= 0.3 is 5.97 Å². The maximum absolute atomic E-state index is 12.7. The van der Waals surface area contributed by atoms with Crippen molar-refractivity contribution in [1.82, 2.24) is 4.31 Å². The normalized spacial score (nSPS) is 20.2. The predicted octanol–water partition coefficient (Wildman–Crippen LogP) is 2.56. The fraction of sp³-hybridized carbons (Fsp3) is 0.500. The largest absolute Gasteiger partial charge is 0.465 e. The van der Waals surface area contributed by atoms with E-state index in [4.69, 9.17) is 4.74 Å². The molecule has 116 valence electrons. The minimum Gasteiger partial charge on any atom is -0.465 e. The number of esters is 1. The molecule has 0 amide bonds. The molecule has 1 fully saturated rings. The summed E-state index contributed by atoms with van der Waals surface area (Å²) in [6.07, 6.45) is 2.09. The van der Waals surface area contributed by atoms with Gasteiger partial charge in [-0.2, -0.15) is 4.31 Å². The Labute approximate surface area is 133 Å². The monoisotopic (exact) mass is 375 g/mol. The molecule has 1 unspecified atom stereocenters. The van der Waals surface area contributed by atoms with E-state index in [0.29, 0.717) is 13.0 Å². The number of halogens is 1. The maximum Gasteiger partial charge on any atom is 0.324 e. The van der Waals surface area contributed by atoms with Crippen molar-refractivity contribution in [1.29, 1.82) is 0 Å². The third-order valence-corrected chi connectivity index (χ3v) is 5.88. The van der Waals surface area contributed by atoms with Crippen LogP contribution in [0.15, 0.2) is 33.6 Å². The van der Waals surface area contributed by atoms with E-state index in [9.17, 15) is 13.2 Å². The number of rotatable bonds is 4. The molecule has 1 aromatic rings. The second-order valence-electron chi connectivity index (χ2n) is 4.83. The van der Waals surface area contributed by atoms with E-state index in [1.54, 1.807) is 19.1 Å². The molecule has 0 spiro atoms. The summed E-state index contributed by atoms with van der Waals surface area (Å²) in [5.41, 5.74) is 0. The fourth-order valence-electron chi connectivity index (χ4n) is 2.41. The molecule has 1 aromatic carbocycles. The Hall–Kier alpha value is -0.920. The summed E-state index contributed by atoms with van der Waals surface area (Å²) < 4.78 is 32.5. The average Bonchev–Trinajstić information content (AvgIpc) is 2.48. The molecule has 1 saturated heterocycles. The van der Waals surface area contributed by atoms with E-state index >= 15 is 0 Å². The summed E-state index contributed by atoms with van der Waals surface area (Å²) in [6.45, 7) is 2.32. The number of carbonyl (C=O) groups is 1. The van der Waals surface area contributed by atoms with Crippen LogP contribution in [0.1, 0.15) is 26.2 Å². The lowest BCUT2D eigenvalue weighted by atomic mass is 10.1. The zero-order chi connectivity index (χ0) is 15.5. The third-order valence-electron chi connectivity index (χ3n) is 3.43. The van der Waals surface area contributed by atoms with Gasteiger partial charge in [-0.05, 0) is 50.5 Å². The molecule has 0 aliphatic carbocycles. The molecule has 0 bridgehead atoms. The van der Waals surface area contributed by atoms with E-state index in [0.717, 1.165) is 17.3 Å². The molecule has 0 N–H and O–H groups in total. The van der Waals surface area contributed by atoms with E-state index in [1.165, 1.54) is 16.4 Å². The van der Waals surface area contributed by atoms with Gasteiger partial charge in [0.05, 0.1) is 11.5 Å². The highest BCUT2D eigenvalue weighted by atomic mass is 79.9. The SMILES string of the molecule is CCOC(=O)C1CCCCN1S(=O)(=O)c1ccc(Br)cc1. The van der Waals surface area contributed by atoms with Crippen LogP contribution in [0.2, 0.25) is 0 Å². The van der Waals surface area contributed by atoms with E-state index < -0.39 is 22.0 Å². The Morgan fingerprint density at radius 2 is 2.00 bits per heavy atom. The lowest BCUT2D eigenvalue weighted by Gasteiger charge is -2.32. The van der Waals surface area contributed by atoms with E-state index in [1.807, 2.05) is 0 Å². The molecular weight excluding hydrogens is 358 g/mol. The van der Waals surface area contributed by atoms with Crippen LogP contribution < -0.4 is 0 Å². The van der Waals surface area contributed by atoms with Crippen LogP contribution in [0.5, 0.6) is 0 Å². The molecule has 5 nitrogen and oxygen atoms in total. The Morgan fingerprint density at radius 3 is 2.62 bits per heavy atom. The summed E-state index contributed by atoms with van der Waals surface area (Å²) in [5, 5.41) is 0. The van der Waals surface area contributed by atoms with Crippen molar-refractivity contribution in [2.24, 2.45) is 0 Å². The lowest BCUT2D eigenvalue weighted by Crippen LogP contribution is -2.48. The molecule has 2 rings (SSSR count). The van der Waals surface area contributed by atoms with Gasteiger partial charge in [-0.3, -0.25) is 4.79 Å². The molecule has 0 radical (unpaired) electrons. The minimum atomic E-state index is -3.68. The van der Waals surface area contributed by atoms with Crippen LogP contribution in [-0.2, 0) is 19.6 Å². The van der Waals surface area contributed by atoms with Crippen molar-refractivity contribution in [3.8, 4) is 0 Å². The van der Waals surface area contributed by atoms with Crippen molar-refractivity contribution in [2.45, 2.75) is 37.1 Å². The Kier molecular flexibility index (Phi) is 5.40. The first kappa shape index (κ1) is 16.5. The minimum absolute atomic E-state index is 0.196. The fourth-order valence-corrected chi connectivity index (χ4v) is 4.32. The first-order chi connectivity index (χ1) is 9.96. The quantitative estimate of drug-likeness (QED) is 0.758.